The first-order valence-corrected chi connectivity index (χ1v) is 9.05. The summed E-state index contributed by atoms with van der Waals surface area (Å²) in [4.78, 5) is 18.3. The van der Waals surface area contributed by atoms with E-state index in [0.717, 1.165) is 43.0 Å². The molecule has 0 aliphatic carbocycles. The van der Waals surface area contributed by atoms with Crippen LogP contribution in [0.15, 0.2) is 24.4 Å². The number of nitrogens with zero attached hydrogens (tertiary/aromatic N) is 3. The van der Waals surface area contributed by atoms with E-state index in [2.05, 4.69) is 42.0 Å². The number of fused-ring (bicyclic) bond motifs is 1. The Morgan fingerprint density at radius 1 is 1.42 bits per heavy atom. The van der Waals surface area contributed by atoms with Gasteiger partial charge in [0.05, 0.1) is 11.4 Å². The van der Waals surface area contributed by atoms with Gasteiger partial charge in [0.1, 0.15) is 5.65 Å². The van der Waals surface area contributed by atoms with Crippen LogP contribution in [-0.4, -0.2) is 38.5 Å². The highest BCUT2D eigenvalue weighted by Crippen LogP contribution is 2.20. The van der Waals surface area contributed by atoms with E-state index in [0.29, 0.717) is 0 Å². The molecular formula is C20H30N4O2. The second-order valence-electron chi connectivity index (χ2n) is 7.91. The third-order valence-electron chi connectivity index (χ3n) is 4.10. The summed E-state index contributed by atoms with van der Waals surface area (Å²) >= 11 is 0. The van der Waals surface area contributed by atoms with Crippen molar-refractivity contribution < 1.29 is 10.0 Å². The molecule has 2 aromatic heterocycles. The lowest BCUT2D eigenvalue weighted by Crippen LogP contribution is -2.33. The van der Waals surface area contributed by atoms with Crippen LogP contribution in [0.1, 0.15) is 51.1 Å². The molecular weight excluding hydrogens is 328 g/mol. The highest BCUT2D eigenvalue weighted by Gasteiger charge is 2.19. The van der Waals surface area contributed by atoms with Crippen LogP contribution >= 0.6 is 0 Å². The van der Waals surface area contributed by atoms with Gasteiger partial charge >= 0.3 is 0 Å². The molecule has 0 spiro atoms. The van der Waals surface area contributed by atoms with Crippen molar-refractivity contribution in [2.24, 2.45) is 5.41 Å². The molecule has 0 aliphatic rings. The van der Waals surface area contributed by atoms with Crippen molar-refractivity contribution in [1.82, 2.24) is 19.8 Å². The monoisotopic (exact) mass is 358 g/mol. The Bertz CT molecular complexity index is 787. The van der Waals surface area contributed by atoms with Gasteiger partial charge in [-0.3, -0.25) is 14.9 Å². The average Bonchev–Trinajstić information content (AvgIpc) is 2.86. The molecule has 0 bridgehead atoms. The first-order valence-electron chi connectivity index (χ1n) is 9.05. The van der Waals surface area contributed by atoms with Gasteiger partial charge < -0.3 is 4.40 Å². The predicted molar refractivity (Wildman–Crippen MR) is 104 cm³/mol. The van der Waals surface area contributed by atoms with E-state index in [1.807, 2.05) is 25.3 Å². The van der Waals surface area contributed by atoms with E-state index in [-0.39, 0.29) is 5.41 Å². The van der Waals surface area contributed by atoms with Crippen LogP contribution in [0.25, 0.3) is 11.7 Å². The molecule has 2 N–H and O–H groups in total. The van der Waals surface area contributed by atoms with Crippen LogP contribution in [0.2, 0.25) is 0 Å². The molecule has 0 aromatic carbocycles. The molecule has 2 heterocycles. The quantitative estimate of drug-likeness (QED) is 0.452. The van der Waals surface area contributed by atoms with Crippen LogP contribution in [0.4, 0.5) is 0 Å². The molecule has 142 valence electrons. The summed E-state index contributed by atoms with van der Waals surface area (Å²) in [6, 6.07) is 3.87. The summed E-state index contributed by atoms with van der Waals surface area (Å²) in [6.07, 6.45) is 6.04. The van der Waals surface area contributed by atoms with Gasteiger partial charge in [0.15, 0.2) is 0 Å². The molecule has 2 rings (SSSR count). The number of aryl methyl sites for hydroxylation is 1. The Morgan fingerprint density at radius 3 is 2.77 bits per heavy atom. The molecule has 0 saturated heterocycles. The van der Waals surface area contributed by atoms with Crippen LogP contribution in [0, 0.1) is 12.3 Å². The number of hydrogen-bond donors (Lipinski definition) is 2. The van der Waals surface area contributed by atoms with Crippen LogP contribution in [-0.2, 0) is 11.3 Å². The smallest absolute Gasteiger partial charge is 0.267 e. The van der Waals surface area contributed by atoms with Crippen molar-refractivity contribution in [2.75, 3.05) is 13.1 Å². The van der Waals surface area contributed by atoms with Crippen molar-refractivity contribution in [3.8, 4) is 0 Å². The number of carbonyl (C=O) groups excluding carboxylic acids is 1. The normalized spacial score (nSPS) is 12.4. The molecule has 0 saturated carbocycles. The lowest BCUT2D eigenvalue weighted by atomic mass is 9.96. The lowest BCUT2D eigenvalue weighted by molar-refractivity contribution is -0.124. The number of hydrogen-bond acceptors (Lipinski definition) is 4. The SMILES string of the molecule is CCCN(Cc1c(C)nc2cc(/C=C/C(=O)NO)ccn12)CC(C)(C)C. The molecule has 0 aliphatic heterocycles. The Kier molecular flexibility index (Phi) is 6.56. The number of rotatable bonds is 7. The largest absolute Gasteiger partial charge is 0.302 e. The first-order chi connectivity index (χ1) is 12.2. The third-order valence-corrected chi connectivity index (χ3v) is 4.10. The molecule has 2 aromatic rings. The minimum atomic E-state index is -0.553. The minimum Gasteiger partial charge on any atom is -0.302 e. The maximum Gasteiger partial charge on any atom is 0.267 e. The van der Waals surface area contributed by atoms with Gasteiger partial charge in [0, 0.05) is 25.4 Å². The molecule has 1 amide bonds. The topological polar surface area (TPSA) is 69.9 Å². The lowest BCUT2D eigenvalue weighted by Gasteiger charge is -2.29. The maximum atomic E-state index is 11.1. The summed E-state index contributed by atoms with van der Waals surface area (Å²) in [5.41, 5.74) is 5.77. The van der Waals surface area contributed by atoms with Crippen molar-refractivity contribution in [3.05, 3.63) is 41.4 Å². The summed E-state index contributed by atoms with van der Waals surface area (Å²) in [7, 11) is 0. The second-order valence-corrected chi connectivity index (χ2v) is 7.91. The van der Waals surface area contributed by atoms with E-state index in [4.69, 9.17) is 5.21 Å². The van der Waals surface area contributed by atoms with Crippen molar-refractivity contribution in [2.45, 2.75) is 47.6 Å². The van der Waals surface area contributed by atoms with Gasteiger partial charge in [-0.05, 0) is 49.1 Å². The zero-order valence-electron chi connectivity index (χ0n) is 16.4. The van der Waals surface area contributed by atoms with E-state index >= 15 is 0 Å². The van der Waals surface area contributed by atoms with E-state index < -0.39 is 5.91 Å². The maximum absolute atomic E-state index is 11.1. The highest BCUT2D eigenvalue weighted by molar-refractivity contribution is 5.90. The number of carbonyl (C=O) groups is 1. The first kappa shape index (κ1) is 20.1. The van der Waals surface area contributed by atoms with Crippen LogP contribution in [0.3, 0.4) is 0 Å². The van der Waals surface area contributed by atoms with Crippen molar-refractivity contribution in [1.29, 1.82) is 0 Å². The molecule has 0 radical (unpaired) electrons. The summed E-state index contributed by atoms with van der Waals surface area (Å²) in [5, 5.41) is 8.56. The number of amides is 1. The fourth-order valence-corrected chi connectivity index (χ4v) is 3.15. The number of hydroxylamine groups is 1. The molecule has 0 unspecified atom stereocenters. The van der Waals surface area contributed by atoms with Gasteiger partial charge in [-0.25, -0.2) is 10.5 Å². The number of aromatic nitrogens is 2. The zero-order chi connectivity index (χ0) is 19.3. The number of nitrogens with one attached hydrogen (secondary N) is 1. The van der Waals surface area contributed by atoms with Crippen molar-refractivity contribution in [3.63, 3.8) is 0 Å². The summed E-state index contributed by atoms with van der Waals surface area (Å²) in [6.45, 7) is 14.0. The Labute approximate surface area is 155 Å². The third kappa shape index (κ3) is 5.41. The second kappa shape index (κ2) is 8.47. The van der Waals surface area contributed by atoms with Gasteiger partial charge in [-0.15, -0.1) is 0 Å². The van der Waals surface area contributed by atoms with Gasteiger partial charge in [0.2, 0.25) is 0 Å². The standard InChI is InChI=1S/C20H30N4O2/c1-6-10-23(14-20(3,4)5)13-17-15(2)21-18-12-16(9-11-24(17)18)7-8-19(25)22-26/h7-9,11-12,26H,6,10,13-14H2,1-5H3,(H,22,25)/b8-7+. The fourth-order valence-electron chi connectivity index (χ4n) is 3.15. The van der Waals surface area contributed by atoms with Gasteiger partial charge in [-0.1, -0.05) is 27.7 Å². The van der Waals surface area contributed by atoms with E-state index in [9.17, 15) is 4.79 Å². The zero-order valence-corrected chi connectivity index (χ0v) is 16.4. The predicted octanol–water partition coefficient (Wildman–Crippen LogP) is 3.42. The Balaban J connectivity index is 2.28. The van der Waals surface area contributed by atoms with Crippen molar-refractivity contribution >= 4 is 17.6 Å². The van der Waals surface area contributed by atoms with E-state index in [1.54, 1.807) is 11.6 Å². The van der Waals surface area contributed by atoms with Gasteiger partial charge in [0.25, 0.3) is 5.91 Å². The van der Waals surface area contributed by atoms with Crippen LogP contribution < -0.4 is 5.48 Å². The summed E-state index contributed by atoms with van der Waals surface area (Å²) < 4.78 is 2.12. The average molecular weight is 358 g/mol. The number of pyridine rings is 1. The minimum absolute atomic E-state index is 0.245. The molecule has 6 heteroatoms. The Hall–Kier alpha value is -2.18. The fraction of sp³-hybridized carbons (Fsp3) is 0.500. The molecule has 6 nitrogen and oxygen atoms in total. The van der Waals surface area contributed by atoms with Gasteiger partial charge in [-0.2, -0.15) is 0 Å². The molecule has 0 fully saturated rings. The highest BCUT2D eigenvalue weighted by atomic mass is 16.5. The van der Waals surface area contributed by atoms with Crippen LogP contribution in [0.5, 0.6) is 0 Å². The molecule has 26 heavy (non-hydrogen) atoms. The summed E-state index contributed by atoms with van der Waals surface area (Å²) in [5.74, 6) is -0.553. The Morgan fingerprint density at radius 2 is 2.15 bits per heavy atom. The molecule has 0 atom stereocenters. The number of imidazole rings is 1. The van der Waals surface area contributed by atoms with E-state index in [1.165, 1.54) is 11.8 Å².